The Balaban J connectivity index is 1.37. The molecule has 37 heavy (non-hydrogen) atoms. The first-order chi connectivity index (χ1) is 17.8. The molecule has 0 aliphatic heterocycles. The Morgan fingerprint density at radius 2 is 1.65 bits per heavy atom. The molecule has 190 valence electrons. The fraction of sp³-hybridized carbons (Fsp3) is 0.286. The SMILES string of the molecule is COc1ccc(C(C)(C)C)cc1NC(=O)Nc1ccc(Oc2ncnc(NC3CC3)n2)c2ccccc12. The minimum absolute atomic E-state index is 0.0710. The zero-order valence-corrected chi connectivity index (χ0v) is 21.3. The van der Waals surface area contributed by atoms with Crippen molar-refractivity contribution in [1.29, 1.82) is 0 Å². The molecule has 3 N–H and O–H groups in total. The highest BCUT2D eigenvalue weighted by molar-refractivity contribution is 6.08. The topological polar surface area (TPSA) is 110 Å². The Kier molecular flexibility index (Phi) is 6.52. The highest BCUT2D eigenvalue weighted by Gasteiger charge is 2.22. The summed E-state index contributed by atoms with van der Waals surface area (Å²) in [5, 5.41) is 10.8. The zero-order chi connectivity index (χ0) is 26.0. The minimum Gasteiger partial charge on any atom is -0.495 e. The molecule has 9 nitrogen and oxygen atoms in total. The molecule has 0 unspecified atom stereocenters. The molecule has 0 spiro atoms. The minimum atomic E-state index is -0.378. The number of nitrogens with one attached hydrogen (secondary N) is 3. The maximum absolute atomic E-state index is 13.0. The van der Waals surface area contributed by atoms with E-state index in [0.29, 0.717) is 34.9 Å². The quantitative estimate of drug-likeness (QED) is 0.273. The number of hydrogen-bond acceptors (Lipinski definition) is 7. The number of fused-ring (bicyclic) bond motifs is 1. The van der Waals surface area contributed by atoms with Crippen molar-refractivity contribution in [3.8, 4) is 17.5 Å². The van der Waals surface area contributed by atoms with Gasteiger partial charge in [0.1, 0.15) is 17.8 Å². The average molecular weight is 499 g/mol. The third kappa shape index (κ3) is 5.72. The second-order valence-corrected chi connectivity index (χ2v) is 10.0. The fourth-order valence-electron chi connectivity index (χ4n) is 3.93. The van der Waals surface area contributed by atoms with Crippen LogP contribution in [0.15, 0.2) is 60.9 Å². The van der Waals surface area contributed by atoms with Gasteiger partial charge in [-0.05, 0) is 48.1 Å². The van der Waals surface area contributed by atoms with Crippen molar-refractivity contribution < 1.29 is 14.3 Å². The molecular formula is C28H30N6O3. The summed E-state index contributed by atoms with van der Waals surface area (Å²) in [7, 11) is 1.58. The second-order valence-electron chi connectivity index (χ2n) is 10.0. The number of carbonyl (C=O) groups excluding carboxylic acids is 1. The summed E-state index contributed by atoms with van der Waals surface area (Å²) in [6.45, 7) is 6.36. The summed E-state index contributed by atoms with van der Waals surface area (Å²) < 4.78 is 11.5. The van der Waals surface area contributed by atoms with Crippen LogP contribution in [0.2, 0.25) is 0 Å². The fourth-order valence-corrected chi connectivity index (χ4v) is 3.93. The van der Waals surface area contributed by atoms with Gasteiger partial charge in [0, 0.05) is 16.8 Å². The summed E-state index contributed by atoms with van der Waals surface area (Å²) in [4.78, 5) is 25.7. The van der Waals surface area contributed by atoms with Crippen LogP contribution in [0.25, 0.3) is 10.8 Å². The first-order valence-corrected chi connectivity index (χ1v) is 12.2. The van der Waals surface area contributed by atoms with Crippen molar-refractivity contribution >= 4 is 34.1 Å². The number of carbonyl (C=O) groups is 1. The van der Waals surface area contributed by atoms with Gasteiger partial charge in [-0.2, -0.15) is 9.97 Å². The maximum atomic E-state index is 13.0. The Bertz CT molecular complexity index is 1450. The normalized spacial score (nSPS) is 13.2. The van der Waals surface area contributed by atoms with Gasteiger partial charge in [-0.1, -0.05) is 51.1 Å². The summed E-state index contributed by atoms with van der Waals surface area (Å²) in [6.07, 6.45) is 3.66. The predicted molar refractivity (Wildman–Crippen MR) is 145 cm³/mol. The summed E-state index contributed by atoms with van der Waals surface area (Å²) in [6, 6.07) is 17.3. The number of ether oxygens (including phenoxy) is 2. The van der Waals surface area contributed by atoms with E-state index < -0.39 is 0 Å². The van der Waals surface area contributed by atoms with Crippen LogP contribution in [0.4, 0.5) is 22.1 Å². The molecule has 0 radical (unpaired) electrons. The van der Waals surface area contributed by atoms with Crippen molar-refractivity contribution in [2.24, 2.45) is 0 Å². The Morgan fingerprint density at radius 1 is 0.919 bits per heavy atom. The van der Waals surface area contributed by atoms with E-state index in [2.05, 4.69) is 51.7 Å². The number of nitrogens with zero attached hydrogens (tertiary/aromatic N) is 3. The van der Waals surface area contributed by atoms with Gasteiger partial charge >= 0.3 is 12.0 Å². The highest BCUT2D eigenvalue weighted by atomic mass is 16.5. The van der Waals surface area contributed by atoms with Crippen LogP contribution in [0, 0.1) is 0 Å². The van der Waals surface area contributed by atoms with E-state index in [9.17, 15) is 4.79 Å². The molecule has 1 fully saturated rings. The van der Waals surface area contributed by atoms with Gasteiger partial charge in [-0.15, -0.1) is 0 Å². The lowest BCUT2D eigenvalue weighted by Gasteiger charge is -2.21. The molecule has 4 aromatic rings. The van der Waals surface area contributed by atoms with Gasteiger partial charge in [-0.3, -0.25) is 0 Å². The van der Waals surface area contributed by atoms with Gasteiger partial charge in [0.25, 0.3) is 0 Å². The lowest BCUT2D eigenvalue weighted by atomic mass is 9.87. The Hall–Kier alpha value is -4.40. The second kappa shape index (κ2) is 9.93. The predicted octanol–water partition coefficient (Wildman–Crippen LogP) is 6.34. The van der Waals surface area contributed by atoms with Gasteiger partial charge in [-0.25, -0.2) is 9.78 Å². The molecule has 1 saturated carbocycles. The number of anilines is 3. The van der Waals surface area contributed by atoms with Crippen LogP contribution >= 0.6 is 0 Å². The lowest BCUT2D eigenvalue weighted by molar-refractivity contribution is 0.262. The van der Waals surface area contributed by atoms with Gasteiger partial charge < -0.3 is 25.4 Å². The Morgan fingerprint density at radius 3 is 2.38 bits per heavy atom. The van der Waals surface area contributed by atoms with E-state index >= 15 is 0 Å². The van der Waals surface area contributed by atoms with E-state index in [4.69, 9.17) is 9.47 Å². The van der Waals surface area contributed by atoms with Crippen LogP contribution in [0.1, 0.15) is 39.2 Å². The van der Waals surface area contributed by atoms with Gasteiger partial charge in [0.05, 0.1) is 18.5 Å². The molecule has 0 bridgehead atoms. The molecule has 3 aromatic carbocycles. The Labute approximate surface area is 215 Å². The molecule has 1 aliphatic rings. The number of rotatable bonds is 7. The van der Waals surface area contributed by atoms with Crippen molar-refractivity contribution in [3.63, 3.8) is 0 Å². The van der Waals surface area contributed by atoms with Crippen molar-refractivity contribution in [2.75, 3.05) is 23.1 Å². The first-order valence-electron chi connectivity index (χ1n) is 12.2. The summed E-state index contributed by atoms with van der Waals surface area (Å²) >= 11 is 0. The van der Waals surface area contributed by atoms with E-state index in [1.165, 1.54) is 6.33 Å². The molecule has 1 heterocycles. The molecule has 9 heteroatoms. The first kappa shape index (κ1) is 24.3. The number of urea groups is 1. The van der Waals surface area contributed by atoms with E-state index in [0.717, 1.165) is 29.2 Å². The van der Waals surface area contributed by atoms with Crippen LogP contribution in [0.5, 0.6) is 17.5 Å². The third-order valence-corrected chi connectivity index (χ3v) is 6.11. The van der Waals surface area contributed by atoms with Crippen molar-refractivity contribution in [2.45, 2.75) is 45.1 Å². The molecule has 1 aliphatic carbocycles. The number of hydrogen-bond donors (Lipinski definition) is 3. The van der Waals surface area contributed by atoms with E-state index in [1.54, 1.807) is 19.2 Å². The van der Waals surface area contributed by atoms with Crippen LogP contribution in [0.3, 0.4) is 0 Å². The smallest absolute Gasteiger partial charge is 0.326 e. The van der Waals surface area contributed by atoms with E-state index in [1.807, 2.05) is 42.5 Å². The molecule has 2 amide bonds. The van der Waals surface area contributed by atoms with Crippen LogP contribution < -0.4 is 25.4 Å². The van der Waals surface area contributed by atoms with Gasteiger partial charge in [0.15, 0.2) is 0 Å². The van der Waals surface area contributed by atoms with Crippen LogP contribution in [-0.2, 0) is 5.41 Å². The number of benzene rings is 3. The van der Waals surface area contributed by atoms with Crippen molar-refractivity contribution in [1.82, 2.24) is 15.0 Å². The van der Waals surface area contributed by atoms with Crippen LogP contribution in [-0.4, -0.2) is 34.1 Å². The number of methoxy groups -OCH3 is 1. The van der Waals surface area contributed by atoms with Gasteiger partial charge in [0.2, 0.25) is 5.95 Å². The molecule has 0 saturated heterocycles. The molecule has 0 atom stereocenters. The van der Waals surface area contributed by atoms with E-state index in [-0.39, 0.29) is 17.5 Å². The number of amides is 2. The zero-order valence-electron chi connectivity index (χ0n) is 21.3. The number of aromatic nitrogens is 3. The summed E-state index contributed by atoms with van der Waals surface area (Å²) in [5.41, 5.74) is 2.25. The summed E-state index contributed by atoms with van der Waals surface area (Å²) in [5.74, 6) is 1.66. The highest BCUT2D eigenvalue weighted by Crippen LogP contribution is 2.35. The lowest BCUT2D eigenvalue weighted by Crippen LogP contribution is -2.21. The molecule has 1 aromatic heterocycles. The largest absolute Gasteiger partial charge is 0.495 e. The monoisotopic (exact) mass is 498 g/mol. The van der Waals surface area contributed by atoms with Crippen molar-refractivity contribution in [3.05, 3.63) is 66.5 Å². The standard InChI is InChI=1S/C28H30N6O3/c1-28(2,3)17-9-13-24(36-4)22(15-17)33-26(35)32-21-12-14-23(20-8-6-5-7-19(20)21)37-27-30-16-29-25(34-27)31-18-10-11-18/h5-9,12-16,18H,10-11H2,1-4H3,(H2,32,33,35)(H,29,30,31,34). The average Bonchev–Trinajstić information content (AvgIpc) is 3.69. The molecule has 5 rings (SSSR count). The maximum Gasteiger partial charge on any atom is 0.326 e. The molecular weight excluding hydrogens is 468 g/mol. The third-order valence-electron chi connectivity index (χ3n) is 6.11.